The monoisotopic (exact) mass is 293 g/mol. The second-order valence-electron chi connectivity index (χ2n) is 3.07. The van der Waals surface area contributed by atoms with Crippen LogP contribution in [0, 0.1) is 0 Å². The number of carboxylic acids is 1. The molecule has 0 spiro atoms. The molecule has 0 aliphatic heterocycles. The van der Waals surface area contributed by atoms with Crippen molar-refractivity contribution in [2.75, 3.05) is 13.2 Å². The average molecular weight is 294 g/mol. The van der Waals surface area contributed by atoms with Crippen molar-refractivity contribution in [3.8, 4) is 5.75 Å². The highest BCUT2D eigenvalue weighted by Gasteiger charge is 2.07. The molecule has 0 aliphatic rings. The van der Waals surface area contributed by atoms with Crippen molar-refractivity contribution in [3.05, 3.63) is 28.2 Å². The van der Waals surface area contributed by atoms with Crippen molar-refractivity contribution >= 4 is 35.1 Å². The van der Waals surface area contributed by atoms with Gasteiger partial charge in [0.2, 0.25) is 0 Å². The lowest BCUT2D eigenvalue weighted by Gasteiger charge is -2.08. The Kier molecular flexibility index (Phi) is 5.70. The molecule has 18 heavy (non-hydrogen) atoms. The van der Waals surface area contributed by atoms with Gasteiger partial charge >= 0.3 is 5.97 Å². The maximum absolute atomic E-state index is 11.2. The molecule has 2 N–H and O–H groups in total. The van der Waals surface area contributed by atoms with E-state index in [0.717, 1.165) is 0 Å². The molecule has 98 valence electrons. The number of aliphatic carboxylic acids is 1. The number of ether oxygens (including phenoxy) is 1. The lowest BCUT2D eigenvalue weighted by Crippen LogP contribution is -2.31. The maximum atomic E-state index is 11.2. The highest BCUT2D eigenvalue weighted by molar-refractivity contribution is 6.34. The summed E-state index contributed by atoms with van der Waals surface area (Å²) in [7, 11) is 0. The van der Waals surface area contributed by atoms with Crippen LogP contribution in [-0.4, -0.2) is 30.2 Å². The number of carboxylic acid groups (broad SMARTS) is 1. The van der Waals surface area contributed by atoms with E-state index in [1.165, 1.54) is 12.1 Å². The van der Waals surface area contributed by atoms with Gasteiger partial charge in [-0.15, -0.1) is 0 Å². The predicted octanol–water partition coefficient (Wildman–Crippen LogP) is 1.50. The molecular weight excluding hydrogens is 285 g/mol. The van der Waals surface area contributed by atoms with E-state index in [4.69, 9.17) is 33.0 Å². The minimum Gasteiger partial charge on any atom is -0.482 e. The van der Waals surface area contributed by atoms with Gasteiger partial charge in [-0.05, 0) is 12.1 Å². The van der Waals surface area contributed by atoms with Gasteiger partial charge in [0.15, 0.2) is 13.2 Å². The number of hydrogen-bond donors (Lipinski definition) is 2. The Hall–Kier alpha value is -1.50. The van der Waals surface area contributed by atoms with Crippen LogP contribution in [0.2, 0.25) is 10.0 Å². The number of carbonyl (C=O) groups is 2. The molecule has 1 rings (SSSR count). The quantitative estimate of drug-likeness (QED) is 0.777. The lowest BCUT2D eigenvalue weighted by atomic mass is 10.3. The third-order valence-corrected chi connectivity index (χ3v) is 2.18. The number of nitrogens with one attached hydrogen (secondary N) is 1. The Morgan fingerprint density at radius 3 is 2.67 bits per heavy atom. The number of rotatable bonds is 6. The van der Waals surface area contributed by atoms with Gasteiger partial charge in [0, 0.05) is 11.1 Å². The number of carbonyl (C=O) groups excluding carboxylic acids is 1. The van der Waals surface area contributed by atoms with E-state index in [-0.39, 0.29) is 12.4 Å². The van der Waals surface area contributed by atoms with E-state index in [0.29, 0.717) is 10.0 Å². The Bertz CT molecular complexity index is 452. The molecule has 0 aliphatic carbocycles. The van der Waals surface area contributed by atoms with E-state index in [1.807, 2.05) is 5.48 Å². The molecule has 0 saturated carbocycles. The first-order valence-corrected chi connectivity index (χ1v) is 5.45. The molecule has 0 atom stereocenters. The molecule has 0 aromatic heterocycles. The standard InChI is InChI=1S/C10H9Cl2NO5/c11-6-1-2-7(12)8(3-6)17-4-9(14)13-18-5-10(15)16/h1-3H,4-5H2,(H,13,14)(H,15,16). The van der Waals surface area contributed by atoms with Gasteiger partial charge in [-0.1, -0.05) is 23.2 Å². The zero-order chi connectivity index (χ0) is 13.5. The lowest BCUT2D eigenvalue weighted by molar-refractivity contribution is -0.149. The molecule has 1 aromatic carbocycles. The highest BCUT2D eigenvalue weighted by Crippen LogP contribution is 2.27. The fraction of sp³-hybridized carbons (Fsp3) is 0.200. The van der Waals surface area contributed by atoms with E-state index < -0.39 is 18.5 Å². The molecular formula is C10H9Cl2NO5. The summed E-state index contributed by atoms with van der Waals surface area (Å²) in [5.41, 5.74) is 1.90. The predicted molar refractivity (Wildman–Crippen MR) is 63.7 cm³/mol. The summed E-state index contributed by atoms with van der Waals surface area (Å²) in [5, 5.41) is 8.98. The van der Waals surface area contributed by atoms with Gasteiger partial charge in [-0.3, -0.25) is 9.63 Å². The Morgan fingerprint density at radius 2 is 2.00 bits per heavy atom. The number of halogens is 2. The molecule has 1 amide bonds. The summed E-state index contributed by atoms with van der Waals surface area (Å²) >= 11 is 11.5. The van der Waals surface area contributed by atoms with E-state index in [1.54, 1.807) is 6.07 Å². The smallest absolute Gasteiger partial charge is 0.332 e. The first kappa shape index (κ1) is 14.6. The molecule has 0 radical (unpaired) electrons. The van der Waals surface area contributed by atoms with Gasteiger partial charge < -0.3 is 9.84 Å². The van der Waals surface area contributed by atoms with Crippen molar-refractivity contribution in [2.24, 2.45) is 0 Å². The van der Waals surface area contributed by atoms with Crippen LogP contribution in [0.25, 0.3) is 0 Å². The second-order valence-corrected chi connectivity index (χ2v) is 3.91. The van der Waals surface area contributed by atoms with Crippen molar-refractivity contribution in [3.63, 3.8) is 0 Å². The van der Waals surface area contributed by atoms with Gasteiger partial charge in [0.25, 0.3) is 5.91 Å². The first-order valence-electron chi connectivity index (χ1n) is 4.69. The average Bonchev–Trinajstić information content (AvgIpc) is 2.30. The Labute approximate surface area is 112 Å². The van der Waals surface area contributed by atoms with Crippen molar-refractivity contribution in [1.82, 2.24) is 5.48 Å². The van der Waals surface area contributed by atoms with E-state index in [9.17, 15) is 9.59 Å². The topological polar surface area (TPSA) is 84.9 Å². The fourth-order valence-electron chi connectivity index (χ4n) is 0.939. The Balaban J connectivity index is 2.38. The van der Waals surface area contributed by atoms with Crippen LogP contribution in [0.3, 0.4) is 0 Å². The van der Waals surface area contributed by atoms with Gasteiger partial charge in [-0.25, -0.2) is 10.3 Å². The minimum absolute atomic E-state index is 0.248. The molecule has 0 heterocycles. The second kappa shape index (κ2) is 7.05. The minimum atomic E-state index is -1.20. The number of benzene rings is 1. The first-order chi connectivity index (χ1) is 8.49. The largest absolute Gasteiger partial charge is 0.482 e. The summed E-state index contributed by atoms with van der Waals surface area (Å²) in [5.74, 6) is -1.60. The van der Waals surface area contributed by atoms with Crippen LogP contribution < -0.4 is 10.2 Å². The van der Waals surface area contributed by atoms with Crippen LogP contribution in [0.5, 0.6) is 5.75 Å². The molecule has 1 aromatic rings. The molecule has 8 heteroatoms. The third kappa shape index (κ3) is 5.22. The summed E-state index contributed by atoms with van der Waals surface area (Å²) in [4.78, 5) is 25.6. The molecule has 0 unspecified atom stereocenters. The summed E-state index contributed by atoms with van der Waals surface area (Å²) < 4.78 is 5.08. The maximum Gasteiger partial charge on any atom is 0.332 e. The van der Waals surface area contributed by atoms with Crippen LogP contribution in [0.4, 0.5) is 0 Å². The highest BCUT2D eigenvalue weighted by atomic mass is 35.5. The number of hydroxylamine groups is 1. The molecule has 6 nitrogen and oxygen atoms in total. The third-order valence-electron chi connectivity index (χ3n) is 1.63. The zero-order valence-corrected chi connectivity index (χ0v) is 10.5. The van der Waals surface area contributed by atoms with Gasteiger partial charge in [0.1, 0.15) is 5.75 Å². The van der Waals surface area contributed by atoms with E-state index in [2.05, 4.69) is 4.84 Å². The van der Waals surface area contributed by atoms with E-state index >= 15 is 0 Å². The normalized spacial score (nSPS) is 9.89. The van der Waals surface area contributed by atoms with Crippen molar-refractivity contribution in [1.29, 1.82) is 0 Å². The fourth-order valence-corrected chi connectivity index (χ4v) is 1.27. The molecule has 0 fully saturated rings. The number of amides is 1. The van der Waals surface area contributed by atoms with Crippen LogP contribution >= 0.6 is 23.2 Å². The summed E-state index contributed by atoms with van der Waals surface area (Å²) in [6.07, 6.45) is 0. The van der Waals surface area contributed by atoms with Crippen LogP contribution in [0.15, 0.2) is 18.2 Å². The van der Waals surface area contributed by atoms with Gasteiger partial charge in [0.05, 0.1) is 5.02 Å². The van der Waals surface area contributed by atoms with Gasteiger partial charge in [-0.2, -0.15) is 0 Å². The Morgan fingerprint density at radius 1 is 1.28 bits per heavy atom. The summed E-state index contributed by atoms with van der Waals surface area (Å²) in [6.45, 7) is -1.01. The molecule has 0 saturated heterocycles. The van der Waals surface area contributed by atoms with Crippen LogP contribution in [-0.2, 0) is 14.4 Å². The summed E-state index contributed by atoms with van der Waals surface area (Å²) in [6, 6.07) is 4.56. The SMILES string of the molecule is O=C(O)CONC(=O)COc1cc(Cl)ccc1Cl. The van der Waals surface area contributed by atoms with Crippen LogP contribution in [0.1, 0.15) is 0 Å². The number of hydrogen-bond acceptors (Lipinski definition) is 4. The van der Waals surface area contributed by atoms with Crippen molar-refractivity contribution in [2.45, 2.75) is 0 Å². The van der Waals surface area contributed by atoms with Crippen molar-refractivity contribution < 1.29 is 24.3 Å². The molecule has 0 bridgehead atoms. The zero-order valence-electron chi connectivity index (χ0n) is 8.98.